The van der Waals surface area contributed by atoms with E-state index in [-0.39, 0.29) is 0 Å². The van der Waals surface area contributed by atoms with Crippen molar-refractivity contribution in [2.24, 2.45) is 0 Å². The van der Waals surface area contributed by atoms with Gasteiger partial charge in [-0.3, -0.25) is 0 Å². The van der Waals surface area contributed by atoms with Crippen LogP contribution in [0.3, 0.4) is 0 Å². The predicted molar refractivity (Wildman–Crippen MR) is 97.1 cm³/mol. The van der Waals surface area contributed by atoms with Crippen LogP contribution < -0.4 is 4.74 Å². The molecular formula is C19H17NO3S. The molecule has 2 aromatic carbocycles. The summed E-state index contributed by atoms with van der Waals surface area (Å²) in [5, 5.41) is 0. The van der Waals surface area contributed by atoms with Crippen molar-refractivity contribution in [1.29, 1.82) is 0 Å². The molecule has 0 amide bonds. The van der Waals surface area contributed by atoms with Crippen molar-refractivity contribution < 1.29 is 13.9 Å². The Kier molecular flexibility index (Phi) is 4.71. The number of carbonyl (C=O) groups is 1. The van der Waals surface area contributed by atoms with Crippen molar-refractivity contribution >= 4 is 28.8 Å². The lowest BCUT2D eigenvalue weighted by molar-refractivity contribution is -0.130. The lowest BCUT2D eigenvalue weighted by Crippen LogP contribution is -2.09. The third-order valence-electron chi connectivity index (χ3n) is 3.45. The zero-order valence-corrected chi connectivity index (χ0v) is 14.4. The van der Waals surface area contributed by atoms with E-state index in [0.717, 1.165) is 22.2 Å². The normalized spacial score (nSPS) is 10.8. The molecule has 0 spiro atoms. The zero-order chi connectivity index (χ0) is 17.1. The van der Waals surface area contributed by atoms with Crippen LogP contribution in [0.5, 0.6) is 5.75 Å². The summed E-state index contributed by atoms with van der Waals surface area (Å²) in [7, 11) is 0. The summed E-state index contributed by atoms with van der Waals surface area (Å²) in [5.74, 6) is 1.38. The van der Waals surface area contributed by atoms with Crippen LogP contribution in [0.1, 0.15) is 12.5 Å². The quantitative estimate of drug-likeness (QED) is 0.378. The highest BCUT2D eigenvalue weighted by molar-refractivity contribution is 7.97. The Hall–Kier alpha value is -2.53. The third kappa shape index (κ3) is 3.36. The number of benzene rings is 2. The van der Waals surface area contributed by atoms with Gasteiger partial charge in [-0.25, -0.2) is 9.78 Å². The van der Waals surface area contributed by atoms with Crippen LogP contribution in [0.4, 0.5) is 0 Å². The van der Waals surface area contributed by atoms with Gasteiger partial charge in [-0.15, -0.1) is 0 Å². The van der Waals surface area contributed by atoms with Gasteiger partial charge in [-0.1, -0.05) is 18.7 Å². The fraction of sp³-hybridized carbons (Fsp3) is 0.158. The second-order valence-electron chi connectivity index (χ2n) is 5.41. The minimum absolute atomic E-state index is 0.369. The predicted octanol–water partition coefficient (Wildman–Crippen LogP) is 4.84. The summed E-state index contributed by atoms with van der Waals surface area (Å²) in [4.78, 5) is 16.3. The van der Waals surface area contributed by atoms with Gasteiger partial charge in [0.15, 0.2) is 5.58 Å². The van der Waals surface area contributed by atoms with E-state index in [1.807, 2.05) is 42.7 Å². The molecular weight excluding hydrogens is 322 g/mol. The highest BCUT2D eigenvalue weighted by Gasteiger charge is 2.14. The maximum absolute atomic E-state index is 11.8. The summed E-state index contributed by atoms with van der Waals surface area (Å²) < 4.78 is 11.2. The van der Waals surface area contributed by atoms with Gasteiger partial charge in [0.2, 0.25) is 5.89 Å². The van der Waals surface area contributed by atoms with Gasteiger partial charge < -0.3 is 9.15 Å². The second kappa shape index (κ2) is 6.93. The number of oxazole rings is 1. The Morgan fingerprint density at radius 2 is 2.08 bits per heavy atom. The smallest absolute Gasteiger partial charge is 0.338 e. The number of ether oxygens (including phenoxy) is 1. The van der Waals surface area contributed by atoms with E-state index < -0.39 is 5.97 Å². The van der Waals surface area contributed by atoms with Gasteiger partial charge >= 0.3 is 5.97 Å². The Morgan fingerprint density at radius 3 is 2.79 bits per heavy atom. The van der Waals surface area contributed by atoms with Crippen LogP contribution >= 0.6 is 11.8 Å². The van der Waals surface area contributed by atoms with Gasteiger partial charge in [0.05, 0.1) is 0 Å². The summed E-state index contributed by atoms with van der Waals surface area (Å²) in [5.41, 5.74) is 3.70. The highest BCUT2D eigenvalue weighted by atomic mass is 32.2. The fourth-order valence-corrected chi connectivity index (χ4v) is 2.80. The number of carbonyl (C=O) groups excluding carboxylic acids is 1. The molecule has 0 aliphatic rings. The van der Waals surface area contributed by atoms with Gasteiger partial charge in [0.25, 0.3) is 0 Å². The maximum atomic E-state index is 11.8. The first-order chi connectivity index (χ1) is 11.6. The average molecular weight is 339 g/mol. The zero-order valence-electron chi connectivity index (χ0n) is 13.5. The van der Waals surface area contributed by atoms with E-state index in [4.69, 9.17) is 9.15 Å². The Balaban J connectivity index is 1.98. The molecule has 0 aliphatic heterocycles. The first-order valence-corrected chi connectivity index (χ1v) is 8.83. The standard InChI is InChI=1S/C19H17NO3S/c1-12(2)19(21)23-16-9-8-13(10-14(16)11-24-3)18-20-15-6-4-5-7-17(15)22-18/h4-10H,1,11H2,2-3H3. The summed E-state index contributed by atoms with van der Waals surface area (Å²) in [6.45, 7) is 5.24. The average Bonchev–Trinajstić information content (AvgIpc) is 3.00. The van der Waals surface area contributed by atoms with Crippen LogP contribution in [0, 0.1) is 0 Å². The third-order valence-corrected chi connectivity index (χ3v) is 4.05. The Morgan fingerprint density at radius 1 is 1.29 bits per heavy atom. The number of thioether (sulfide) groups is 1. The molecule has 1 heterocycles. The first-order valence-electron chi connectivity index (χ1n) is 7.44. The summed E-state index contributed by atoms with van der Waals surface area (Å²) in [6.07, 6.45) is 2.00. The molecule has 0 unspecified atom stereocenters. The van der Waals surface area contributed by atoms with Gasteiger partial charge in [-0.05, 0) is 43.5 Å². The maximum Gasteiger partial charge on any atom is 0.338 e. The van der Waals surface area contributed by atoms with Crippen molar-refractivity contribution in [3.63, 3.8) is 0 Å². The molecule has 3 aromatic rings. The molecule has 0 atom stereocenters. The van der Waals surface area contributed by atoms with Crippen molar-refractivity contribution in [3.8, 4) is 17.2 Å². The minimum Gasteiger partial charge on any atom is -0.436 e. The first kappa shape index (κ1) is 16.3. The van der Waals surface area contributed by atoms with Crippen molar-refractivity contribution in [1.82, 2.24) is 4.98 Å². The number of hydrogen-bond donors (Lipinski definition) is 0. The molecule has 0 fully saturated rings. The van der Waals surface area contributed by atoms with E-state index in [1.54, 1.807) is 24.8 Å². The topological polar surface area (TPSA) is 52.3 Å². The van der Waals surface area contributed by atoms with Crippen LogP contribution in [-0.2, 0) is 10.5 Å². The molecule has 0 saturated heterocycles. The highest BCUT2D eigenvalue weighted by Crippen LogP contribution is 2.30. The largest absolute Gasteiger partial charge is 0.436 e. The molecule has 0 bridgehead atoms. The number of aromatic nitrogens is 1. The van der Waals surface area contributed by atoms with E-state index in [9.17, 15) is 4.79 Å². The lowest BCUT2D eigenvalue weighted by Gasteiger charge is -2.10. The second-order valence-corrected chi connectivity index (χ2v) is 6.28. The van der Waals surface area contributed by atoms with Crippen molar-refractivity contribution in [2.75, 3.05) is 6.26 Å². The molecule has 24 heavy (non-hydrogen) atoms. The SMILES string of the molecule is C=C(C)C(=O)Oc1ccc(-c2nc3ccccc3o2)cc1CSC. The van der Waals surface area contributed by atoms with Crippen LogP contribution in [0.15, 0.2) is 59.0 Å². The van der Waals surface area contributed by atoms with Crippen molar-refractivity contribution in [3.05, 3.63) is 60.2 Å². The van der Waals surface area contributed by atoms with E-state index >= 15 is 0 Å². The molecule has 0 saturated carbocycles. The van der Waals surface area contributed by atoms with E-state index in [2.05, 4.69) is 11.6 Å². The number of nitrogens with zero attached hydrogens (tertiary/aromatic N) is 1. The minimum atomic E-state index is -0.424. The van der Waals surface area contributed by atoms with Crippen LogP contribution in [0.25, 0.3) is 22.6 Å². The monoisotopic (exact) mass is 339 g/mol. The fourth-order valence-electron chi connectivity index (χ4n) is 2.26. The number of fused-ring (bicyclic) bond motifs is 1. The number of para-hydroxylation sites is 2. The molecule has 0 N–H and O–H groups in total. The molecule has 3 rings (SSSR count). The molecule has 5 heteroatoms. The Labute approximate surface area is 144 Å². The van der Waals surface area contributed by atoms with Gasteiger partial charge in [0, 0.05) is 22.5 Å². The Bertz CT molecular complexity index is 881. The molecule has 1 aromatic heterocycles. The molecule has 0 aliphatic carbocycles. The number of esters is 1. The van der Waals surface area contributed by atoms with Gasteiger partial charge in [0.1, 0.15) is 11.3 Å². The molecule has 0 radical (unpaired) electrons. The van der Waals surface area contributed by atoms with E-state index in [0.29, 0.717) is 23.0 Å². The molecule has 122 valence electrons. The number of hydrogen-bond acceptors (Lipinski definition) is 5. The summed E-state index contributed by atoms with van der Waals surface area (Å²) in [6, 6.07) is 13.2. The van der Waals surface area contributed by atoms with Crippen LogP contribution in [-0.4, -0.2) is 17.2 Å². The molecule has 4 nitrogen and oxygen atoms in total. The number of rotatable bonds is 5. The van der Waals surface area contributed by atoms with Crippen molar-refractivity contribution in [2.45, 2.75) is 12.7 Å². The summed E-state index contributed by atoms with van der Waals surface area (Å²) >= 11 is 1.65. The van der Waals surface area contributed by atoms with E-state index in [1.165, 1.54) is 0 Å². The van der Waals surface area contributed by atoms with Crippen LogP contribution in [0.2, 0.25) is 0 Å². The van der Waals surface area contributed by atoms with Gasteiger partial charge in [-0.2, -0.15) is 11.8 Å². The lowest BCUT2D eigenvalue weighted by atomic mass is 10.1.